The van der Waals surface area contributed by atoms with E-state index in [9.17, 15) is 13.6 Å². The van der Waals surface area contributed by atoms with Crippen molar-refractivity contribution in [3.8, 4) is 0 Å². The minimum absolute atomic E-state index is 0.0682. The molecule has 0 amide bonds. The maximum absolute atomic E-state index is 13.0. The summed E-state index contributed by atoms with van der Waals surface area (Å²) in [6.45, 7) is -0.0682. The molecule has 0 spiro atoms. The number of fused-ring (bicyclic) bond motifs is 1. The van der Waals surface area contributed by atoms with E-state index in [1.54, 1.807) is 0 Å². The Kier molecular flexibility index (Phi) is 3.37. The van der Waals surface area contributed by atoms with Crippen LogP contribution in [0.25, 0.3) is 0 Å². The van der Waals surface area contributed by atoms with E-state index in [1.807, 2.05) is 0 Å². The molecule has 20 heavy (non-hydrogen) atoms. The van der Waals surface area contributed by atoms with Crippen molar-refractivity contribution in [2.75, 3.05) is 0 Å². The number of alkyl halides is 2. The molecule has 0 saturated heterocycles. The van der Waals surface area contributed by atoms with Crippen molar-refractivity contribution >= 4 is 29.2 Å². The van der Waals surface area contributed by atoms with E-state index in [0.717, 1.165) is 0 Å². The number of halogens is 4. The van der Waals surface area contributed by atoms with Gasteiger partial charge in [-0.15, -0.1) is 0 Å². The van der Waals surface area contributed by atoms with Crippen molar-refractivity contribution in [1.82, 2.24) is 4.98 Å². The Labute approximate surface area is 124 Å². The monoisotopic (exact) mass is 321 g/mol. The number of carbonyl (C=O) groups is 1. The van der Waals surface area contributed by atoms with E-state index in [4.69, 9.17) is 27.9 Å². The van der Waals surface area contributed by atoms with E-state index in [-0.39, 0.29) is 19.4 Å². The van der Waals surface area contributed by atoms with E-state index in [0.29, 0.717) is 15.6 Å². The third-order valence-corrected chi connectivity index (χ3v) is 4.74. The molecule has 0 aromatic carbocycles. The van der Waals surface area contributed by atoms with Crippen molar-refractivity contribution < 1.29 is 18.3 Å². The standard InChI is InChI=1S/C13H11Cl2F2NO2/c14-10-3-18-4-11(15)7(10)5-20-12(19)6-1-8-9(2-6)13(8,16)17/h3-4,6,8-9H,1-2,5H2/t6?,8-,9+. The zero-order valence-electron chi connectivity index (χ0n) is 10.3. The highest BCUT2D eigenvalue weighted by molar-refractivity contribution is 6.35. The van der Waals surface area contributed by atoms with Gasteiger partial charge in [0.1, 0.15) is 6.61 Å². The molecule has 0 aliphatic heterocycles. The first-order valence-corrected chi connectivity index (χ1v) is 6.99. The molecule has 2 fully saturated rings. The predicted octanol–water partition coefficient (Wildman–Crippen LogP) is 3.72. The number of nitrogens with zero attached hydrogens (tertiary/aromatic N) is 1. The summed E-state index contributed by atoms with van der Waals surface area (Å²) >= 11 is 11.8. The van der Waals surface area contributed by atoms with Crippen LogP contribution in [0.1, 0.15) is 18.4 Å². The molecule has 0 N–H and O–H groups in total. The van der Waals surface area contributed by atoms with Crippen LogP contribution < -0.4 is 0 Å². The van der Waals surface area contributed by atoms with Crippen LogP contribution in [0.4, 0.5) is 8.78 Å². The summed E-state index contributed by atoms with van der Waals surface area (Å²) in [7, 11) is 0. The smallest absolute Gasteiger partial charge is 0.309 e. The van der Waals surface area contributed by atoms with Crippen LogP contribution >= 0.6 is 23.2 Å². The Bertz CT molecular complexity index is 533. The minimum atomic E-state index is -2.57. The Morgan fingerprint density at radius 1 is 1.30 bits per heavy atom. The van der Waals surface area contributed by atoms with Gasteiger partial charge in [-0.2, -0.15) is 0 Å². The molecule has 0 bridgehead atoms. The van der Waals surface area contributed by atoms with Gasteiger partial charge in [-0.05, 0) is 12.8 Å². The molecule has 1 aromatic rings. The van der Waals surface area contributed by atoms with Gasteiger partial charge in [0.2, 0.25) is 0 Å². The quantitative estimate of drug-likeness (QED) is 0.796. The summed E-state index contributed by atoms with van der Waals surface area (Å²) in [5.41, 5.74) is 0.477. The van der Waals surface area contributed by atoms with Gasteiger partial charge in [-0.3, -0.25) is 9.78 Å². The number of aromatic nitrogens is 1. The molecule has 3 nitrogen and oxygen atoms in total. The van der Waals surface area contributed by atoms with Crippen LogP contribution in [0.2, 0.25) is 10.0 Å². The Morgan fingerprint density at radius 3 is 2.40 bits per heavy atom. The SMILES string of the molecule is O=C(OCc1c(Cl)cncc1Cl)C1C[C@@H]2[C@H](C1)C2(F)F. The molecule has 2 saturated carbocycles. The molecule has 3 rings (SSSR count). The Hall–Kier alpha value is -0.940. The second-order valence-corrected chi connectivity index (χ2v) is 6.06. The average molecular weight is 322 g/mol. The van der Waals surface area contributed by atoms with E-state index < -0.39 is 29.6 Å². The number of ether oxygens (including phenoxy) is 1. The van der Waals surface area contributed by atoms with Crippen LogP contribution in [-0.4, -0.2) is 16.9 Å². The zero-order chi connectivity index (χ0) is 14.5. The first kappa shape index (κ1) is 14.0. The van der Waals surface area contributed by atoms with Crippen LogP contribution in [0.5, 0.6) is 0 Å². The first-order chi connectivity index (χ1) is 9.41. The molecular weight excluding hydrogens is 311 g/mol. The highest BCUT2D eigenvalue weighted by Gasteiger charge is 2.72. The summed E-state index contributed by atoms with van der Waals surface area (Å²) in [4.78, 5) is 15.6. The van der Waals surface area contributed by atoms with E-state index >= 15 is 0 Å². The second kappa shape index (κ2) is 4.81. The molecule has 2 aliphatic rings. The minimum Gasteiger partial charge on any atom is -0.460 e. The van der Waals surface area contributed by atoms with Crippen LogP contribution in [0.15, 0.2) is 12.4 Å². The Balaban J connectivity index is 1.56. The third-order valence-electron chi connectivity index (χ3n) is 4.09. The number of hydrogen-bond acceptors (Lipinski definition) is 3. The summed E-state index contributed by atoms with van der Waals surface area (Å²) in [6, 6.07) is 0. The van der Waals surface area contributed by atoms with Crippen molar-refractivity contribution in [2.45, 2.75) is 25.4 Å². The van der Waals surface area contributed by atoms with E-state index in [2.05, 4.69) is 4.98 Å². The van der Waals surface area contributed by atoms with Crippen LogP contribution in [0.3, 0.4) is 0 Å². The first-order valence-electron chi connectivity index (χ1n) is 6.23. The van der Waals surface area contributed by atoms with Crippen molar-refractivity contribution in [3.05, 3.63) is 28.0 Å². The number of esters is 1. The lowest BCUT2D eigenvalue weighted by atomic mass is 10.0. The maximum Gasteiger partial charge on any atom is 0.309 e. The average Bonchev–Trinajstić information content (AvgIpc) is 2.79. The molecule has 1 heterocycles. The Morgan fingerprint density at radius 2 is 1.85 bits per heavy atom. The number of rotatable bonds is 3. The molecular formula is C13H11Cl2F2NO2. The molecule has 1 unspecified atom stereocenters. The van der Waals surface area contributed by atoms with Crippen molar-refractivity contribution in [1.29, 1.82) is 0 Å². The summed E-state index contributed by atoms with van der Waals surface area (Å²) < 4.78 is 31.2. The van der Waals surface area contributed by atoms with Crippen LogP contribution in [-0.2, 0) is 16.1 Å². The van der Waals surface area contributed by atoms with Gasteiger partial charge in [0.25, 0.3) is 5.92 Å². The zero-order valence-corrected chi connectivity index (χ0v) is 11.8. The molecule has 1 aromatic heterocycles. The van der Waals surface area contributed by atoms with Gasteiger partial charge in [0, 0.05) is 29.8 Å². The highest BCUT2D eigenvalue weighted by atomic mass is 35.5. The van der Waals surface area contributed by atoms with Gasteiger partial charge in [-0.1, -0.05) is 23.2 Å². The molecule has 108 valence electrons. The largest absolute Gasteiger partial charge is 0.460 e. The summed E-state index contributed by atoms with van der Waals surface area (Å²) in [5.74, 6) is -4.77. The fraction of sp³-hybridized carbons (Fsp3) is 0.538. The normalized spacial score (nSPS) is 29.9. The van der Waals surface area contributed by atoms with Gasteiger partial charge in [0.15, 0.2) is 0 Å². The summed E-state index contributed by atoms with van der Waals surface area (Å²) in [5, 5.41) is 0.622. The lowest BCUT2D eigenvalue weighted by Gasteiger charge is -2.14. The fourth-order valence-electron chi connectivity index (χ4n) is 2.84. The third kappa shape index (κ3) is 2.27. The van der Waals surface area contributed by atoms with Crippen molar-refractivity contribution in [2.24, 2.45) is 17.8 Å². The van der Waals surface area contributed by atoms with Gasteiger partial charge in [0.05, 0.1) is 16.0 Å². The molecule has 0 radical (unpaired) electrons. The van der Waals surface area contributed by atoms with E-state index in [1.165, 1.54) is 12.4 Å². The maximum atomic E-state index is 13.0. The van der Waals surface area contributed by atoms with Gasteiger partial charge in [-0.25, -0.2) is 8.78 Å². The van der Waals surface area contributed by atoms with Gasteiger partial charge < -0.3 is 4.74 Å². The molecule has 3 atom stereocenters. The number of hydrogen-bond donors (Lipinski definition) is 0. The topological polar surface area (TPSA) is 39.2 Å². The number of pyridine rings is 1. The predicted molar refractivity (Wildman–Crippen MR) is 68.7 cm³/mol. The van der Waals surface area contributed by atoms with Crippen LogP contribution in [0, 0.1) is 17.8 Å². The highest BCUT2D eigenvalue weighted by Crippen LogP contribution is 2.65. The number of carbonyl (C=O) groups excluding carboxylic acids is 1. The lowest BCUT2D eigenvalue weighted by Crippen LogP contribution is -2.19. The fourth-order valence-corrected chi connectivity index (χ4v) is 3.32. The summed E-state index contributed by atoms with van der Waals surface area (Å²) in [6.07, 6.45) is 3.21. The molecule has 2 aliphatic carbocycles. The van der Waals surface area contributed by atoms with Crippen molar-refractivity contribution in [3.63, 3.8) is 0 Å². The second-order valence-electron chi connectivity index (χ2n) is 5.25. The van der Waals surface area contributed by atoms with Gasteiger partial charge >= 0.3 is 5.97 Å². The molecule has 7 heteroatoms. The lowest BCUT2D eigenvalue weighted by molar-refractivity contribution is -0.150.